The standard InChI is InChI=1S/C53H31N3O/c1-2-13-35(14-3-1)51-54-52(45-21-11-23-47-49(45)44-18-8-9-22-46(44)57-47)56-53(55-51)50-37-15-5-4-12-32(37)28-29-38(50)34-26-24-33(25-27-34)36-30-31-43-40-17-7-6-16-39(40)42-20-10-19-41(36)48(42)43/h1-31H. The number of nitrogens with zero attached hydrogens (tertiary/aromatic N) is 3. The molecular weight excluding hydrogens is 695 g/mol. The van der Waals surface area contributed by atoms with E-state index in [4.69, 9.17) is 19.4 Å². The van der Waals surface area contributed by atoms with Gasteiger partial charge in [0.05, 0.1) is 0 Å². The Kier molecular flexibility index (Phi) is 6.89. The van der Waals surface area contributed by atoms with E-state index in [9.17, 15) is 0 Å². The number of hydrogen-bond donors (Lipinski definition) is 0. The first kappa shape index (κ1) is 31.6. The normalized spacial score (nSPS) is 11.9. The first-order valence-electron chi connectivity index (χ1n) is 19.3. The highest BCUT2D eigenvalue weighted by molar-refractivity contribution is 6.19. The van der Waals surface area contributed by atoms with Crippen molar-refractivity contribution in [3.8, 4) is 78.7 Å². The zero-order valence-corrected chi connectivity index (χ0v) is 30.6. The van der Waals surface area contributed by atoms with Gasteiger partial charge in [-0.05, 0) is 78.2 Å². The van der Waals surface area contributed by atoms with Gasteiger partial charge in [-0.3, -0.25) is 0 Å². The maximum absolute atomic E-state index is 6.30. The molecule has 0 spiro atoms. The van der Waals surface area contributed by atoms with Gasteiger partial charge in [0.1, 0.15) is 11.2 Å². The lowest BCUT2D eigenvalue weighted by Gasteiger charge is -2.16. The number of para-hydroxylation sites is 1. The second-order valence-corrected chi connectivity index (χ2v) is 14.7. The van der Waals surface area contributed by atoms with Crippen LogP contribution < -0.4 is 0 Å². The van der Waals surface area contributed by atoms with Gasteiger partial charge in [0, 0.05) is 27.5 Å². The summed E-state index contributed by atoms with van der Waals surface area (Å²) in [5, 5.41) is 6.82. The van der Waals surface area contributed by atoms with Crippen molar-refractivity contribution in [1.82, 2.24) is 15.0 Å². The molecule has 0 radical (unpaired) electrons. The van der Waals surface area contributed by atoms with E-state index in [1.54, 1.807) is 0 Å². The summed E-state index contributed by atoms with van der Waals surface area (Å²) < 4.78 is 6.30. The summed E-state index contributed by atoms with van der Waals surface area (Å²) in [4.78, 5) is 15.8. The summed E-state index contributed by atoms with van der Waals surface area (Å²) in [5.74, 6) is 1.83. The van der Waals surface area contributed by atoms with Crippen molar-refractivity contribution in [2.45, 2.75) is 0 Å². The topological polar surface area (TPSA) is 51.8 Å². The molecule has 12 rings (SSSR count). The molecule has 0 atom stereocenters. The molecule has 0 bridgehead atoms. The highest BCUT2D eigenvalue weighted by atomic mass is 16.3. The van der Waals surface area contributed by atoms with Crippen LogP contribution in [-0.4, -0.2) is 15.0 Å². The van der Waals surface area contributed by atoms with Gasteiger partial charge >= 0.3 is 0 Å². The first-order chi connectivity index (χ1) is 28.3. The van der Waals surface area contributed by atoms with Crippen molar-refractivity contribution in [3.63, 3.8) is 0 Å². The molecule has 0 saturated carbocycles. The molecule has 0 N–H and O–H groups in total. The fourth-order valence-corrected chi connectivity index (χ4v) is 8.93. The van der Waals surface area contributed by atoms with E-state index >= 15 is 0 Å². The SMILES string of the molecule is c1ccc(-c2nc(-c3c(-c4ccc(-c5ccc6c7c(cccc57)-c5ccccc5-6)cc4)ccc4ccccc34)nc(-c3cccc4oc5ccccc5c34)n2)cc1. The molecule has 0 saturated heterocycles. The number of hydrogen-bond acceptors (Lipinski definition) is 4. The first-order valence-corrected chi connectivity index (χ1v) is 19.3. The van der Waals surface area contributed by atoms with Crippen LogP contribution in [0.2, 0.25) is 0 Å². The van der Waals surface area contributed by atoms with Crippen LogP contribution in [0, 0.1) is 0 Å². The van der Waals surface area contributed by atoms with E-state index in [-0.39, 0.29) is 0 Å². The van der Waals surface area contributed by atoms with Gasteiger partial charge in [-0.1, -0.05) is 176 Å². The van der Waals surface area contributed by atoms with E-state index in [0.717, 1.165) is 60.5 Å². The fraction of sp³-hybridized carbons (Fsp3) is 0. The number of aromatic nitrogens is 3. The number of benzene rings is 9. The van der Waals surface area contributed by atoms with E-state index in [1.807, 2.05) is 48.5 Å². The molecular formula is C53H31N3O. The average Bonchev–Trinajstić information content (AvgIpc) is 3.83. The Hall–Kier alpha value is -7.69. The Balaban J connectivity index is 1.05. The fourth-order valence-electron chi connectivity index (χ4n) is 8.93. The van der Waals surface area contributed by atoms with Crippen LogP contribution in [0.25, 0.3) is 122 Å². The Morgan fingerprint density at radius 3 is 1.68 bits per heavy atom. The molecule has 11 aromatic rings. The molecule has 1 aliphatic carbocycles. The van der Waals surface area contributed by atoms with E-state index < -0.39 is 0 Å². The van der Waals surface area contributed by atoms with Crippen LogP contribution in [0.4, 0.5) is 0 Å². The molecule has 4 heteroatoms. The van der Waals surface area contributed by atoms with Crippen LogP contribution in [0.1, 0.15) is 0 Å². The van der Waals surface area contributed by atoms with Crippen molar-refractivity contribution >= 4 is 43.5 Å². The second kappa shape index (κ2) is 12.4. The van der Waals surface area contributed by atoms with E-state index in [2.05, 4.69) is 140 Å². The Bertz CT molecular complexity index is 3370. The van der Waals surface area contributed by atoms with E-state index in [1.165, 1.54) is 44.2 Å². The van der Waals surface area contributed by atoms with Crippen LogP contribution >= 0.6 is 0 Å². The second-order valence-electron chi connectivity index (χ2n) is 14.7. The Morgan fingerprint density at radius 1 is 0.281 bits per heavy atom. The molecule has 0 unspecified atom stereocenters. The maximum Gasteiger partial charge on any atom is 0.165 e. The van der Waals surface area contributed by atoms with Crippen molar-refractivity contribution in [2.24, 2.45) is 0 Å². The zero-order valence-electron chi connectivity index (χ0n) is 30.6. The molecule has 0 aliphatic heterocycles. The van der Waals surface area contributed by atoms with Crippen molar-refractivity contribution in [3.05, 3.63) is 188 Å². The van der Waals surface area contributed by atoms with Crippen LogP contribution in [0.3, 0.4) is 0 Å². The minimum Gasteiger partial charge on any atom is -0.456 e. The van der Waals surface area contributed by atoms with Gasteiger partial charge in [0.25, 0.3) is 0 Å². The molecule has 4 nitrogen and oxygen atoms in total. The van der Waals surface area contributed by atoms with Crippen LogP contribution in [0.15, 0.2) is 192 Å². The zero-order chi connectivity index (χ0) is 37.5. The highest BCUT2D eigenvalue weighted by Crippen LogP contribution is 2.49. The minimum absolute atomic E-state index is 0.597. The van der Waals surface area contributed by atoms with Crippen LogP contribution in [-0.2, 0) is 0 Å². The van der Waals surface area contributed by atoms with Crippen molar-refractivity contribution in [1.29, 1.82) is 0 Å². The smallest absolute Gasteiger partial charge is 0.165 e. The molecule has 2 heterocycles. The van der Waals surface area contributed by atoms with Gasteiger partial charge in [0.2, 0.25) is 0 Å². The summed E-state index contributed by atoms with van der Waals surface area (Å²) in [6.45, 7) is 0. The molecule has 9 aromatic carbocycles. The van der Waals surface area contributed by atoms with Crippen LogP contribution in [0.5, 0.6) is 0 Å². The molecule has 0 fully saturated rings. The molecule has 2 aromatic heterocycles. The number of furan rings is 1. The lowest BCUT2D eigenvalue weighted by atomic mass is 9.91. The molecule has 264 valence electrons. The number of rotatable bonds is 5. The molecule has 57 heavy (non-hydrogen) atoms. The molecule has 1 aliphatic rings. The monoisotopic (exact) mass is 725 g/mol. The summed E-state index contributed by atoms with van der Waals surface area (Å²) in [7, 11) is 0. The lowest BCUT2D eigenvalue weighted by molar-refractivity contribution is 0.669. The average molecular weight is 726 g/mol. The van der Waals surface area contributed by atoms with Gasteiger partial charge in [-0.2, -0.15) is 0 Å². The predicted molar refractivity (Wildman–Crippen MR) is 234 cm³/mol. The third-order valence-electron chi connectivity index (χ3n) is 11.5. The largest absolute Gasteiger partial charge is 0.456 e. The summed E-state index contributed by atoms with van der Waals surface area (Å²) in [6, 6.07) is 66.3. The van der Waals surface area contributed by atoms with Crippen molar-refractivity contribution < 1.29 is 4.42 Å². The van der Waals surface area contributed by atoms with Crippen molar-refractivity contribution in [2.75, 3.05) is 0 Å². The van der Waals surface area contributed by atoms with Gasteiger partial charge < -0.3 is 4.42 Å². The Labute approximate surface area is 328 Å². The van der Waals surface area contributed by atoms with Gasteiger partial charge in [-0.15, -0.1) is 0 Å². The van der Waals surface area contributed by atoms with E-state index in [0.29, 0.717) is 17.5 Å². The van der Waals surface area contributed by atoms with Gasteiger partial charge in [0.15, 0.2) is 17.5 Å². The summed E-state index contributed by atoms with van der Waals surface area (Å²) in [6.07, 6.45) is 0. The maximum atomic E-state index is 6.30. The van der Waals surface area contributed by atoms with Gasteiger partial charge in [-0.25, -0.2) is 15.0 Å². The predicted octanol–water partition coefficient (Wildman–Crippen LogP) is 14.1. The summed E-state index contributed by atoms with van der Waals surface area (Å²) >= 11 is 0. The Morgan fingerprint density at radius 2 is 0.842 bits per heavy atom. The quantitative estimate of drug-likeness (QED) is 0.177. The minimum atomic E-state index is 0.597. The summed E-state index contributed by atoms with van der Waals surface area (Å²) in [5.41, 5.74) is 14.2. The lowest BCUT2D eigenvalue weighted by Crippen LogP contribution is -2.02. The highest BCUT2D eigenvalue weighted by Gasteiger charge is 2.23. The molecule has 0 amide bonds. The third-order valence-corrected chi connectivity index (χ3v) is 11.5. The third kappa shape index (κ3) is 4.91. The number of fused-ring (bicyclic) bond motifs is 7.